The molecule has 0 aromatic rings. The molecule has 0 fully saturated rings. The molecule has 0 saturated heterocycles. The lowest BCUT2D eigenvalue weighted by molar-refractivity contribution is 0.632. The molecular formula is C3H8Cl2O. The summed E-state index contributed by atoms with van der Waals surface area (Å²) in [6.45, 7) is 2.05. The second kappa shape index (κ2) is 17.7. The first-order chi connectivity index (χ1) is 2.91. The van der Waals surface area contributed by atoms with Crippen molar-refractivity contribution in [1.29, 1.82) is 0 Å². The lowest BCUT2D eigenvalue weighted by atomic mass is 10.6. The molecule has 0 aromatic heterocycles. The Morgan fingerprint density at radius 3 is 1.67 bits per heavy atom. The van der Waals surface area contributed by atoms with Gasteiger partial charge in [-0.15, -0.1) is 11.6 Å². The van der Waals surface area contributed by atoms with E-state index < -0.39 is 0 Å². The van der Waals surface area contributed by atoms with Crippen molar-refractivity contribution in [1.82, 2.24) is 0 Å². The van der Waals surface area contributed by atoms with Crippen molar-refractivity contribution in [3.63, 3.8) is 0 Å². The fourth-order valence-electron chi connectivity index (χ4n) is 0. The van der Waals surface area contributed by atoms with E-state index in [9.17, 15) is 0 Å². The van der Waals surface area contributed by atoms with E-state index >= 15 is 0 Å². The Kier molecular flexibility index (Phi) is 28.7. The molecule has 40 valence electrons. The molecule has 0 amide bonds. The standard InChI is InChI=1S/C3H7Cl.ClHO/c1-2-3-4;1-2/h2-3H2,1H3;2H. The molecule has 0 rings (SSSR count). The highest BCUT2D eigenvalue weighted by Crippen LogP contribution is 1.75. The van der Waals surface area contributed by atoms with E-state index in [0.717, 1.165) is 12.3 Å². The highest BCUT2D eigenvalue weighted by Gasteiger charge is 1.59. The van der Waals surface area contributed by atoms with Crippen LogP contribution in [-0.2, 0) is 0 Å². The van der Waals surface area contributed by atoms with Crippen molar-refractivity contribution in [3.05, 3.63) is 0 Å². The van der Waals surface area contributed by atoms with Crippen molar-refractivity contribution in [2.45, 2.75) is 13.3 Å². The average Bonchev–Trinajstić information content (AvgIpc) is 1.72. The van der Waals surface area contributed by atoms with Crippen molar-refractivity contribution in [2.24, 2.45) is 0 Å². The third-order valence-corrected chi connectivity index (χ3v) is 0.567. The number of rotatable bonds is 1. The maximum Gasteiger partial charge on any atom is 0.0579 e. The summed E-state index contributed by atoms with van der Waals surface area (Å²) in [7, 11) is 0. The predicted octanol–water partition coefficient (Wildman–Crippen LogP) is 1.77. The molecule has 6 heavy (non-hydrogen) atoms. The molecule has 0 unspecified atom stereocenters. The summed E-state index contributed by atoms with van der Waals surface area (Å²) in [5.41, 5.74) is 0. The maximum atomic E-state index is 6.47. The minimum atomic E-state index is 0.792. The van der Waals surface area contributed by atoms with Crippen LogP contribution in [0.4, 0.5) is 0 Å². The SMILES string of the molecule is CCCCl.OCl. The number of hydrogen-bond acceptors (Lipinski definition) is 1. The van der Waals surface area contributed by atoms with Crippen LogP contribution in [0.2, 0.25) is 0 Å². The second-order valence-corrected chi connectivity index (χ2v) is 1.07. The molecule has 0 bridgehead atoms. The Balaban J connectivity index is 0. The lowest BCUT2D eigenvalue weighted by Crippen LogP contribution is -1.55. The Labute approximate surface area is 48.0 Å². The van der Waals surface area contributed by atoms with Gasteiger partial charge in [0.15, 0.2) is 0 Å². The smallest absolute Gasteiger partial charge is 0.0579 e. The van der Waals surface area contributed by atoms with Crippen LogP contribution in [0.25, 0.3) is 0 Å². The third-order valence-electron chi connectivity index (χ3n) is 0.189. The van der Waals surface area contributed by atoms with E-state index in [-0.39, 0.29) is 0 Å². The maximum absolute atomic E-state index is 6.47. The summed E-state index contributed by atoms with van der Waals surface area (Å²) in [6.07, 6.45) is 1.08. The Bertz CT molecular complexity index is 10.8. The van der Waals surface area contributed by atoms with Gasteiger partial charge in [-0.3, -0.25) is 4.66 Å². The first kappa shape index (κ1) is 9.74. The molecule has 0 heterocycles. The highest BCUT2D eigenvalue weighted by atomic mass is 35.5. The van der Waals surface area contributed by atoms with Crippen LogP contribution in [0.15, 0.2) is 0 Å². The quantitative estimate of drug-likeness (QED) is 0.537. The topological polar surface area (TPSA) is 20.2 Å². The van der Waals surface area contributed by atoms with E-state index in [0.29, 0.717) is 0 Å². The molecule has 0 aliphatic heterocycles. The van der Waals surface area contributed by atoms with Crippen LogP contribution in [0.1, 0.15) is 13.3 Å². The first-order valence-corrected chi connectivity index (χ1v) is 2.52. The van der Waals surface area contributed by atoms with Crippen molar-refractivity contribution < 1.29 is 4.66 Å². The first-order valence-electron chi connectivity index (χ1n) is 1.64. The highest BCUT2D eigenvalue weighted by molar-refractivity contribution is 6.17. The minimum Gasteiger partial charge on any atom is -0.295 e. The molecule has 1 nitrogen and oxygen atoms in total. The van der Waals surface area contributed by atoms with Gasteiger partial charge in [0.25, 0.3) is 0 Å². The normalized spacial score (nSPS) is 6.00. The largest absolute Gasteiger partial charge is 0.295 e. The molecule has 0 atom stereocenters. The number of alkyl halides is 1. The Morgan fingerprint density at radius 2 is 1.67 bits per heavy atom. The summed E-state index contributed by atoms with van der Waals surface area (Å²) in [5, 5.41) is 0. The van der Waals surface area contributed by atoms with Gasteiger partial charge in [0, 0.05) is 5.88 Å². The summed E-state index contributed by atoms with van der Waals surface area (Å²) >= 11 is 8.82. The van der Waals surface area contributed by atoms with Gasteiger partial charge >= 0.3 is 0 Å². The summed E-state index contributed by atoms with van der Waals surface area (Å²) in [5.74, 6) is 0.792. The molecule has 0 aliphatic carbocycles. The fraction of sp³-hybridized carbons (Fsp3) is 1.00. The molecule has 0 aromatic carbocycles. The molecule has 3 heteroatoms. The van der Waals surface area contributed by atoms with Crippen molar-refractivity contribution in [3.8, 4) is 0 Å². The number of halogens is 2. The van der Waals surface area contributed by atoms with Crippen molar-refractivity contribution in [2.75, 3.05) is 5.88 Å². The van der Waals surface area contributed by atoms with E-state index in [1.165, 1.54) is 0 Å². The Morgan fingerprint density at radius 1 is 1.50 bits per heavy atom. The zero-order chi connectivity index (χ0) is 5.41. The molecule has 0 spiro atoms. The number of hydrogen-bond donors (Lipinski definition) is 1. The van der Waals surface area contributed by atoms with E-state index in [1.807, 2.05) is 6.92 Å². The summed E-state index contributed by atoms with van der Waals surface area (Å²) in [6, 6.07) is 0. The molecule has 1 N–H and O–H groups in total. The van der Waals surface area contributed by atoms with Gasteiger partial charge in [-0.25, -0.2) is 0 Å². The molecule has 0 aliphatic rings. The van der Waals surface area contributed by atoms with Gasteiger partial charge in [-0.1, -0.05) is 6.92 Å². The molecular weight excluding hydrogens is 123 g/mol. The zero-order valence-corrected chi connectivity index (χ0v) is 5.13. The fourth-order valence-corrected chi connectivity index (χ4v) is 0. The van der Waals surface area contributed by atoms with Gasteiger partial charge in [-0.2, -0.15) is 0 Å². The van der Waals surface area contributed by atoms with E-state index in [2.05, 4.69) is 11.9 Å². The van der Waals surface area contributed by atoms with Gasteiger partial charge in [-0.05, 0) is 6.42 Å². The van der Waals surface area contributed by atoms with Crippen LogP contribution in [0.5, 0.6) is 0 Å². The van der Waals surface area contributed by atoms with Crippen LogP contribution in [0.3, 0.4) is 0 Å². The van der Waals surface area contributed by atoms with Crippen molar-refractivity contribution >= 4 is 23.5 Å². The lowest BCUT2D eigenvalue weighted by Gasteiger charge is -1.65. The molecule has 0 saturated carbocycles. The van der Waals surface area contributed by atoms with Crippen LogP contribution < -0.4 is 0 Å². The van der Waals surface area contributed by atoms with E-state index in [4.69, 9.17) is 16.3 Å². The van der Waals surface area contributed by atoms with Gasteiger partial charge in [0.05, 0.1) is 11.9 Å². The monoisotopic (exact) mass is 130 g/mol. The van der Waals surface area contributed by atoms with Gasteiger partial charge < -0.3 is 0 Å². The molecule has 0 radical (unpaired) electrons. The minimum absolute atomic E-state index is 0.792. The van der Waals surface area contributed by atoms with E-state index in [1.54, 1.807) is 0 Å². The van der Waals surface area contributed by atoms with Crippen LogP contribution >= 0.6 is 23.5 Å². The average molecular weight is 131 g/mol. The van der Waals surface area contributed by atoms with Crippen LogP contribution in [0, 0.1) is 0 Å². The van der Waals surface area contributed by atoms with Gasteiger partial charge in [0.1, 0.15) is 0 Å². The Hall–Kier alpha value is 0.540. The summed E-state index contributed by atoms with van der Waals surface area (Å²) in [4.78, 5) is 0. The third kappa shape index (κ3) is 24.0. The second-order valence-electron chi connectivity index (χ2n) is 0.689. The predicted molar refractivity (Wildman–Crippen MR) is 29.1 cm³/mol. The van der Waals surface area contributed by atoms with Crippen LogP contribution in [-0.4, -0.2) is 10.5 Å². The zero-order valence-electron chi connectivity index (χ0n) is 3.62. The van der Waals surface area contributed by atoms with Gasteiger partial charge in [0.2, 0.25) is 0 Å². The summed E-state index contributed by atoms with van der Waals surface area (Å²) < 4.78 is 6.47.